The van der Waals surface area contributed by atoms with Crippen molar-refractivity contribution < 1.29 is 14.6 Å². The molecule has 0 spiro atoms. The maximum atomic E-state index is 13.1. The van der Waals surface area contributed by atoms with E-state index in [0.29, 0.717) is 31.0 Å². The minimum absolute atomic E-state index is 0.0318. The second-order valence-electron chi connectivity index (χ2n) is 6.92. The van der Waals surface area contributed by atoms with Gasteiger partial charge in [-0.1, -0.05) is 29.8 Å². The summed E-state index contributed by atoms with van der Waals surface area (Å²) >= 11 is 6.38. The molecule has 6 nitrogen and oxygen atoms in total. The molecule has 2 aromatic rings. The van der Waals surface area contributed by atoms with Gasteiger partial charge in [0.1, 0.15) is 6.10 Å². The van der Waals surface area contributed by atoms with Crippen LogP contribution in [0.2, 0.25) is 5.02 Å². The summed E-state index contributed by atoms with van der Waals surface area (Å²) in [4.78, 5) is 14.9. The van der Waals surface area contributed by atoms with Crippen molar-refractivity contribution in [1.82, 2.24) is 14.7 Å². The van der Waals surface area contributed by atoms with Crippen molar-refractivity contribution in [2.75, 3.05) is 19.8 Å². The molecule has 1 saturated heterocycles. The number of rotatable bonds is 5. The summed E-state index contributed by atoms with van der Waals surface area (Å²) in [5.74, 6) is 0.0318. The number of carbonyl (C=O) groups excluding carboxylic acids is 1. The Kier molecular flexibility index (Phi) is 6.19. The number of ether oxygens (including phenoxy) is 1. The molecule has 1 aliphatic rings. The van der Waals surface area contributed by atoms with Gasteiger partial charge in [0, 0.05) is 30.7 Å². The van der Waals surface area contributed by atoms with E-state index < -0.39 is 6.10 Å². The standard InChI is InChI=1S/C20H26ClN3O3/c1-13-15(14(2)23(3)22-13)8-9-19(26)24-10-11-27-18(12-25)20(24)16-6-4-5-7-17(16)21/h4-7,18,20,25H,8-12H2,1-3H3/t18-,20-/m0/s1. The molecule has 1 aliphatic heterocycles. The highest BCUT2D eigenvalue weighted by atomic mass is 35.5. The normalized spacial score (nSPS) is 20.1. The lowest BCUT2D eigenvalue weighted by Crippen LogP contribution is -2.49. The third-order valence-corrected chi connectivity index (χ3v) is 5.67. The van der Waals surface area contributed by atoms with Crippen LogP contribution in [0.1, 0.15) is 35.0 Å². The van der Waals surface area contributed by atoms with Crippen molar-refractivity contribution in [3.8, 4) is 0 Å². The number of benzene rings is 1. The third kappa shape index (κ3) is 4.03. The molecule has 146 valence electrons. The first-order valence-electron chi connectivity index (χ1n) is 9.19. The summed E-state index contributed by atoms with van der Waals surface area (Å²) in [6.45, 7) is 4.71. The van der Waals surface area contributed by atoms with E-state index in [0.717, 1.165) is 22.5 Å². The van der Waals surface area contributed by atoms with Crippen molar-refractivity contribution in [2.24, 2.45) is 7.05 Å². The fourth-order valence-corrected chi connectivity index (χ4v) is 4.05. The van der Waals surface area contributed by atoms with Gasteiger partial charge in [-0.3, -0.25) is 9.48 Å². The predicted octanol–water partition coefficient (Wildman–Crippen LogP) is 2.58. The summed E-state index contributed by atoms with van der Waals surface area (Å²) in [6, 6.07) is 7.03. The van der Waals surface area contributed by atoms with Crippen molar-refractivity contribution in [3.05, 3.63) is 51.8 Å². The quantitative estimate of drug-likeness (QED) is 0.850. The SMILES string of the molecule is Cc1nn(C)c(C)c1CCC(=O)N1CCO[C@@H](CO)[C@@H]1c1ccccc1Cl. The Balaban J connectivity index is 1.81. The molecule has 1 aromatic carbocycles. The fraction of sp³-hybridized carbons (Fsp3) is 0.500. The number of morpholine rings is 1. The van der Waals surface area contributed by atoms with Crippen LogP contribution in [0, 0.1) is 13.8 Å². The molecule has 2 atom stereocenters. The lowest BCUT2D eigenvalue weighted by Gasteiger charge is -2.41. The van der Waals surface area contributed by atoms with Gasteiger partial charge in [-0.25, -0.2) is 0 Å². The van der Waals surface area contributed by atoms with Gasteiger partial charge in [-0.2, -0.15) is 5.10 Å². The van der Waals surface area contributed by atoms with Crippen molar-refractivity contribution in [1.29, 1.82) is 0 Å². The molecule has 0 aliphatic carbocycles. The van der Waals surface area contributed by atoms with Crippen molar-refractivity contribution >= 4 is 17.5 Å². The zero-order valence-corrected chi connectivity index (χ0v) is 16.7. The zero-order chi connectivity index (χ0) is 19.6. The van der Waals surface area contributed by atoms with Crippen molar-refractivity contribution in [3.63, 3.8) is 0 Å². The molecule has 1 amide bonds. The van der Waals surface area contributed by atoms with Gasteiger partial charge >= 0.3 is 0 Å². The number of carbonyl (C=O) groups is 1. The van der Waals surface area contributed by atoms with Crippen LogP contribution in [-0.4, -0.2) is 51.6 Å². The lowest BCUT2D eigenvalue weighted by molar-refractivity contribution is -0.149. The van der Waals surface area contributed by atoms with Crippen molar-refractivity contribution in [2.45, 2.75) is 38.8 Å². The topological polar surface area (TPSA) is 67.6 Å². The number of halogens is 1. The Bertz CT molecular complexity index is 821. The van der Waals surface area contributed by atoms with Crippen LogP contribution in [0.5, 0.6) is 0 Å². The van der Waals surface area contributed by atoms with Gasteiger partial charge in [0.15, 0.2) is 0 Å². The molecule has 1 fully saturated rings. The molecule has 27 heavy (non-hydrogen) atoms. The van der Waals surface area contributed by atoms with Gasteiger partial charge < -0.3 is 14.7 Å². The van der Waals surface area contributed by atoms with E-state index in [1.54, 1.807) is 11.0 Å². The van der Waals surface area contributed by atoms with Crippen LogP contribution in [0.4, 0.5) is 0 Å². The Hall–Kier alpha value is -1.89. The lowest BCUT2D eigenvalue weighted by atomic mass is 9.97. The van der Waals surface area contributed by atoms with Crippen LogP contribution >= 0.6 is 11.6 Å². The van der Waals surface area contributed by atoms with E-state index in [9.17, 15) is 9.90 Å². The number of hydrogen-bond donors (Lipinski definition) is 1. The van der Waals surface area contributed by atoms with E-state index in [-0.39, 0.29) is 18.6 Å². The van der Waals surface area contributed by atoms with Gasteiger partial charge in [0.25, 0.3) is 0 Å². The average molecular weight is 392 g/mol. The molecule has 1 aromatic heterocycles. The highest BCUT2D eigenvalue weighted by molar-refractivity contribution is 6.31. The number of hydrogen-bond acceptors (Lipinski definition) is 4. The first-order chi connectivity index (χ1) is 12.9. The number of aromatic nitrogens is 2. The molecule has 7 heteroatoms. The molecule has 1 N–H and O–H groups in total. The molecule has 3 rings (SSSR count). The second-order valence-corrected chi connectivity index (χ2v) is 7.33. The number of aryl methyl sites for hydroxylation is 2. The van der Waals surface area contributed by atoms with Crippen LogP contribution in [0.3, 0.4) is 0 Å². The molecular formula is C20H26ClN3O3. The summed E-state index contributed by atoms with van der Waals surface area (Å²) in [7, 11) is 1.91. The van der Waals surface area contributed by atoms with Crippen LogP contribution in [-0.2, 0) is 23.0 Å². The Morgan fingerprint density at radius 2 is 2.11 bits per heavy atom. The van der Waals surface area contributed by atoms with Crippen LogP contribution in [0.15, 0.2) is 24.3 Å². The minimum Gasteiger partial charge on any atom is -0.394 e. The average Bonchev–Trinajstić information content (AvgIpc) is 2.91. The Morgan fingerprint density at radius 3 is 2.74 bits per heavy atom. The smallest absolute Gasteiger partial charge is 0.223 e. The molecule has 0 saturated carbocycles. The van der Waals surface area contributed by atoms with Gasteiger partial charge in [0.2, 0.25) is 5.91 Å². The van der Waals surface area contributed by atoms with E-state index in [1.807, 2.05) is 43.8 Å². The number of amides is 1. The van der Waals surface area contributed by atoms with E-state index in [1.165, 1.54) is 0 Å². The Labute approximate surface area is 164 Å². The first-order valence-corrected chi connectivity index (χ1v) is 9.57. The summed E-state index contributed by atoms with van der Waals surface area (Å²) in [5, 5.41) is 14.8. The molecular weight excluding hydrogens is 366 g/mol. The molecule has 0 radical (unpaired) electrons. The highest BCUT2D eigenvalue weighted by Gasteiger charge is 2.36. The number of nitrogens with zero attached hydrogens (tertiary/aromatic N) is 3. The predicted molar refractivity (Wildman–Crippen MR) is 104 cm³/mol. The minimum atomic E-state index is -0.482. The maximum Gasteiger partial charge on any atom is 0.223 e. The maximum absolute atomic E-state index is 13.1. The number of aliphatic hydroxyl groups is 1. The highest BCUT2D eigenvalue weighted by Crippen LogP contribution is 2.34. The van der Waals surface area contributed by atoms with E-state index >= 15 is 0 Å². The summed E-state index contributed by atoms with van der Waals surface area (Å²) in [6.07, 6.45) is 0.539. The third-order valence-electron chi connectivity index (χ3n) is 5.32. The van der Waals surface area contributed by atoms with Crippen LogP contribution < -0.4 is 0 Å². The summed E-state index contributed by atoms with van der Waals surface area (Å²) in [5.41, 5.74) is 3.96. The molecule has 0 unspecified atom stereocenters. The largest absolute Gasteiger partial charge is 0.394 e. The first kappa shape index (κ1) is 19.9. The van der Waals surface area contributed by atoms with Gasteiger partial charge in [0.05, 0.1) is 24.9 Å². The summed E-state index contributed by atoms with van der Waals surface area (Å²) < 4.78 is 7.56. The Morgan fingerprint density at radius 1 is 1.37 bits per heavy atom. The van der Waals surface area contributed by atoms with Crippen LogP contribution in [0.25, 0.3) is 0 Å². The van der Waals surface area contributed by atoms with E-state index in [2.05, 4.69) is 5.10 Å². The molecule has 0 bridgehead atoms. The zero-order valence-electron chi connectivity index (χ0n) is 16.0. The van der Waals surface area contributed by atoms with E-state index in [4.69, 9.17) is 16.3 Å². The van der Waals surface area contributed by atoms with Gasteiger partial charge in [-0.05, 0) is 37.5 Å². The fourth-order valence-electron chi connectivity index (χ4n) is 3.80. The molecule has 2 heterocycles. The monoisotopic (exact) mass is 391 g/mol. The van der Waals surface area contributed by atoms with Gasteiger partial charge in [-0.15, -0.1) is 0 Å². The number of aliphatic hydroxyl groups excluding tert-OH is 1. The second kappa shape index (κ2) is 8.42.